The zero-order chi connectivity index (χ0) is 22.8. The molecular formula is C21H21FN2O5S2. The molecule has 1 amide bonds. The van der Waals surface area contributed by atoms with E-state index in [0.717, 1.165) is 45.6 Å². The second-order valence-electron chi connectivity index (χ2n) is 6.98. The molecule has 0 spiro atoms. The number of hydrogen-bond donors (Lipinski definition) is 0. The lowest BCUT2D eigenvalue weighted by Crippen LogP contribution is -2.23. The fourth-order valence-corrected chi connectivity index (χ4v) is 5.25. The van der Waals surface area contributed by atoms with Gasteiger partial charge in [-0.3, -0.25) is 9.59 Å². The Labute approximate surface area is 182 Å². The van der Waals surface area contributed by atoms with Gasteiger partial charge in [0.05, 0.1) is 28.0 Å². The molecule has 0 fully saturated rings. The smallest absolute Gasteiger partial charge is 0.325 e. The maximum absolute atomic E-state index is 13.0. The van der Waals surface area contributed by atoms with Gasteiger partial charge in [-0.25, -0.2) is 12.8 Å². The summed E-state index contributed by atoms with van der Waals surface area (Å²) in [4.78, 5) is 28.6. The quantitative estimate of drug-likeness (QED) is 0.413. The average molecular weight is 465 g/mol. The van der Waals surface area contributed by atoms with E-state index in [1.165, 1.54) is 18.4 Å². The Kier molecular flexibility index (Phi) is 6.71. The minimum absolute atomic E-state index is 0.0599. The van der Waals surface area contributed by atoms with Crippen LogP contribution in [0.5, 0.6) is 0 Å². The van der Waals surface area contributed by atoms with Gasteiger partial charge in [0.1, 0.15) is 12.4 Å². The van der Waals surface area contributed by atoms with Crippen LogP contribution in [-0.2, 0) is 30.7 Å². The van der Waals surface area contributed by atoms with E-state index in [1.54, 1.807) is 4.57 Å². The number of rotatable bonds is 6. The molecule has 0 unspecified atom stereocenters. The molecule has 1 heterocycles. The highest BCUT2D eigenvalue weighted by atomic mass is 32.2. The van der Waals surface area contributed by atoms with Gasteiger partial charge in [0.25, 0.3) is 0 Å². The Bertz CT molecular complexity index is 1320. The Hall–Kier alpha value is -2.85. The van der Waals surface area contributed by atoms with Crippen LogP contribution in [0.2, 0.25) is 0 Å². The van der Waals surface area contributed by atoms with Crippen molar-refractivity contribution >= 4 is 43.3 Å². The maximum Gasteiger partial charge on any atom is 0.325 e. The van der Waals surface area contributed by atoms with Crippen LogP contribution in [0.25, 0.3) is 10.2 Å². The Morgan fingerprint density at radius 2 is 1.77 bits per heavy atom. The number of amides is 1. The Morgan fingerprint density at radius 3 is 2.42 bits per heavy atom. The summed E-state index contributed by atoms with van der Waals surface area (Å²) in [5.41, 5.74) is 2.82. The monoisotopic (exact) mass is 464 g/mol. The average Bonchev–Trinajstić information content (AvgIpc) is 3.03. The number of carbonyl (C=O) groups is 2. The third-order valence-corrected chi connectivity index (χ3v) is 7.56. The number of aryl methyl sites for hydroxylation is 2. The van der Waals surface area contributed by atoms with Gasteiger partial charge in [0.2, 0.25) is 5.91 Å². The zero-order valence-electron chi connectivity index (χ0n) is 17.2. The van der Waals surface area contributed by atoms with Crippen molar-refractivity contribution in [3.63, 3.8) is 0 Å². The first-order chi connectivity index (χ1) is 14.6. The van der Waals surface area contributed by atoms with Gasteiger partial charge < -0.3 is 9.30 Å². The second kappa shape index (κ2) is 9.11. The topological polar surface area (TPSA) is 94.8 Å². The number of fused-ring (bicyclic) bond motifs is 1. The molecule has 0 radical (unpaired) electrons. The van der Waals surface area contributed by atoms with Gasteiger partial charge >= 0.3 is 5.97 Å². The van der Waals surface area contributed by atoms with Gasteiger partial charge in [-0.2, -0.15) is 4.99 Å². The summed E-state index contributed by atoms with van der Waals surface area (Å²) in [6.07, 6.45) is -0.343. The Balaban J connectivity index is 1.91. The summed E-state index contributed by atoms with van der Waals surface area (Å²) in [7, 11) is -2.49. The molecule has 0 aliphatic carbocycles. The van der Waals surface area contributed by atoms with Crippen LogP contribution in [0.15, 0.2) is 46.3 Å². The van der Waals surface area contributed by atoms with Crippen molar-refractivity contribution in [3.05, 3.63) is 58.1 Å². The number of ether oxygens (including phenoxy) is 1. The van der Waals surface area contributed by atoms with Gasteiger partial charge in [0.15, 0.2) is 14.6 Å². The number of halogens is 1. The molecule has 0 saturated carbocycles. The molecule has 0 N–H and O–H groups in total. The van der Waals surface area contributed by atoms with Crippen molar-refractivity contribution in [2.75, 3.05) is 12.9 Å². The molecule has 3 aromatic rings. The summed E-state index contributed by atoms with van der Waals surface area (Å²) in [6.45, 7) is 3.78. The first-order valence-corrected chi connectivity index (χ1v) is 11.8. The molecule has 164 valence electrons. The van der Waals surface area contributed by atoms with E-state index in [1.807, 2.05) is 26.0 Å². The number of aromatic nitrogens is 1. The minimum atomic E-state index is -3.76. The van der Waals surface area contributed by atoms with Crippen LogP contribution < -0.4 is 4.80 Å². The molecule has 0 atom stereocenters. The first-order valence-electron chi connectivity index (χ1n) is 9.34. The highest BCUT2D eigenvalue weighted by Crippen LogP contribution is 2.22. The van der Waals surface area contributed by atoms with Crippen molar-refractivity contribution in [2.24, 2.45) is 4.99 Å². The van der Waals surface area contributed by atoms with E-state index in [4.69, 9.17) is 4.74 Å². The highest BCUT2D eigenvalue weighted by molar-refractivity contribution is 7.91. The van der Waals surface area contributed by atoms with E-state index >= 15 is 0 Å². The lowest BCUT2D eigenvalue weighted by Gasteiger charge is -2.05. The third kappa shape index (κ3) is 5.26. The molecule has 0 bridgehead atoms. The van der Waals surface area contributed by atoms with Crippen LogP contribution in [-0.4, -0.2) is 37.7 Å². The molecule has 31 heavy (non-hydrogen) atoms. The standard InChI is InChI=1S/C21H21FN2O5S2/c1-13-10-17-18(11-14(13)2)30-21(24(17)12-20(26)29-3)23-19(25)8-9-31(27,28)16-6-4-15(22)5-7-16/h4-7,10-11H,8-9,12H2,1-3H3. The van der Waals surface area contributed by atoms with Gasteiger partial charge in [-0.15, -0.1) is 0 Å². The largest absolute Gasteiger partial charge is 0.468 e. The lowest BCUT2D eigenvalue weighted by molar-refractivity contribution is -0.141. The minimum Gasteiger partial charge on any atom is -0.468 e. The van der Waals surface area contributed by atoms with Gasteiger partial charge in [-0.1, -0.05) is 11.3 Å². The normalized spacial score (nSPS) is 12.3. The maximum atomic E-state index is 13.0. The van der Waals surface area contributed by atoms with Crippen molar-refractivity contribution in [1.82, 2.24) is 4.57 Å². The van der Waals surface area contributed by atoms with E-state index in [2.05, 4.69) is 4.99 Å². The van der Waals surface area contributed by atoms with Crippen LogP contribution >= 0.6 is 11.3 Å². The predicted octanol–water partition coefficient (Wildman–Crippen LogP) is 2.92. The van der Waals surface area contributed by atoms with Gasteiger partial charge in [-0.05, 0) is 61.4 Å². The highest BCUT2D eigenvalue weighted by Gasteiger charge is 2.17. The molecular weight excluding hydrogens is 443 g/mol. The molecule has 0 aliphatic rings. The van der Waals surface area contributed by atoms with Gasteiger partial charge in [0, 0.05) is 6.42 Å². The van der Waals surface area contributed by atoms with Crippen molar-refractivity contribution in [2.45, 2.75) is 31.7 Å². The fourth-order valence-electron chi connectivity index (χ4n) is 2.90. The van der Waals surface area contributed by atoms with Crippen LogP contribution in [0, 0.1) is 19.7 Å². The predicted molar refractivity (Wildman–Crippen MR) is 115 cm³/mol. The number of benzene rings is 2. The summed E-state index contributed by atoms with van der Waals surface area (Å²) >= 11 is 1.24. The molecule has 3 rings (SSSR count). The molecule has 2 aromatic carbocycles. The summed E-state index contributed by atoms with van der Waals surface area (Å²) in [5.74, 6) is -2.13. The SMILES string of the molecule is COC(=O)Cn1c(=NC(=O)CCS(=O)(=O)c2ccc(F)cc2)sc2cc(C)c(C)cc21. The molecule has 10 heteroatoms. The summed E-state index contributed by atoms with van der Waals surface area (Å²) in [6, 6.07) is 8.28. The molecule has 0 aliphatic heterocycles. The van der Waals surface area contributed by atoms with E-state index in [0.29, 0.717) is 0 Å². The number of nitrogens with zero attached hydrogens (tertiary/aromatic N) is 2. The summed E-state index contributed by atoms with van der Waals surface area (Å²) in [5, 5.41) is 0. The fraction of sp³-hybridized carbons (Fsp3) is 0.286. The first kappa shape index (κ1) is 22.8. The number of methoxy groups -OCH3 is 1. The molecule has 0 saturated heterocycles. The number of hydrogen-bond acceptors (Lipinski definition) is 6. The van der Waals surface area contributed by atoms with E-state index in [-0.39, 0.29) is 22.7 Å². The number of sulfone groups is 1. The van der Waals surface area contributed by atoms with Crippen LogP contribution in [0.4, 0.5) is 4.39 Å². The number of esters is 1. The molecule has 7 nitrogen and oxygen atoms in total. The van der Waals surface area contributed by atoms with Crippen LogP contribution in [0.1, 0.15) is 17.5 Å². The number of thiazole rings is 1. The second-order valence-corrected chi connectivity index (χ2v) is 10.1. The lowest BCUT2D eigenvalue weighted by atomic mass is 10.1. The van der Waals surface area contributed by atoms with Crippen molar-refractivity contribution in [1.29, 1.82) is 0 Å². The van der Waals surface area contributed by atoms with E-state index in [9.17, 15) is 22.4 Å². The van der Waals surface area contributed by atoms with Crippen molar-refractivity contribution < 1.29 is 27.1 Å². The Morgan fingerprint density at radius 1 is 1.13 bits per heavy atom. The number of carbonyl (C=O) groups excluding carboxylic acids is 2. The van der Waals surface area contributed by atoms with E-state index < -0.39 is 33.3 Å². The summed E-state index contributed by atoms with van der Waals surface area (Å²) < 4.78 is 45.0. The zero-order valence-corrected chi connectivity index (χ0v) is 18.8. The molecule has 1 aromatic heterocycles. The third-order valence-electron chi connectivity index (χ3n) is 4.79. The van der Waals surface area contributed by atoms with Crippen molar-refractivity contribution in [3.8, 4) is 0 Å². The van der Waals surface area contributed by atoms with Crippen LogP contribution in [0.3, 0.4) is 0 Å².